The largest absolute Gasteiger partial charge is 0.390 e. The average molecular weight is 258 g/mol. The van der Waals surface area contributed by atoms with Crippen molar-refractivity contribution in [3.8, 4) is 6.07 Å². The summed E-state index contributed by atoms with van der Waals surface area (Å²) < 4.78 is 0. The van der Waals surface area contributed by atoms with Crippen LogP contribution >= 0.6 is 0 Å². The standard InChI is InChI=1S/C16H22N2O/c1-16(19)8-5-10-18(11-9-16)13-15(12-17)14-6-3-2-4-7-14/h2-4,6-7,15,19H,5,8-11,13H2,1H3. The third kappa shape index (κ3) is 4.05. The van der Waals surface area contributed by atoms with Gasteiger partial charge in [-0.15, -0.1) is 0 Å². The fraction of sp³-hybridized carbons (Fsp3) is 0.562. The summed E-state index contributed by atoms with van der Waals surface area (Å²) in [4.78, 5) is 2.31. The van der Waals surface area contributed by atoms with Crippen LogP contribution in [0.2, 0.25) is 0 Å². The number of nitriles is 1. The van der Waals surface area contributed by atoms with Gasteiger partial charge in [0.05, 0.1) is 17.6 Å². The van der Waals surface area contributed by atoms with Gasteiger partial charge < -0.3 is 10.0 Å². The van der Waals surface area contributed by atoms with Crippen molar-refractivity contribution >= 4 is 0 Å². The highest BCUT2D eigenvalue weighted by atomic mass is 16.3. The fourth-order valence-electron chi connectivity index (χ4n) is 2.67. The van der Waals surface area contributed by atoms with E-state index < -0.39 is 5.60 Å². The minimum Gasteiger partial charge on any atom is -0.390 e. The number of nitrogens with zero attached hydrogens (tertiary/aromatic N) is 2. The summed E-state index contributed by atoms with van der Waals surface area (Å²) in [6.45, 7) is 4.52. The van der Waals surface area contributed by atoms with Crippen LogP contribution in [-0.4, -0.2) is 35.2 Å². The molecule has 1 aromatic rings. The van der Waals surface area contributed by atoms with Crippen molar-refractivity contribution in [2.45, 2.75) is 37.7 Å². The van der Waals surface area contributed by atoms with Gasteiger partial charge in [-0.1, -0.05) is 30.3 Å². The summed E-state index contributed by atoms with van der Waals surface area (Å²) >= 11 is 0. The van der Waals surface area contributed by atoms with Gasteiger partial charge in [-0.05, 0) is 38.3 Å². The molecule has 2 rings (SSSR count). The third-order valence-corrected chi connectivity index (χ3v) is 3.95. The van der Waals surface area contributed by atoms with E-state index in [2.05, 4.69) is 11.0 Å². The van der Waals surface area contributed by atoms with E-state index in [1.54, 1.807) is 0 Å². The minimum atomic E-state index is -0.538. The van der Waals surface area contributed by atoms with Crippen LogP contribution in [0.15, 0.2) is 30.3 Å². The second-order valence-corrected chi connectivity index (χ2v) is 5.74. The molecule has 1 aliphatic rings. The monoisotopic (exact) mass is 258 g/mol. The Morgan fingerprint density at radius 3 is 2.74 bits per heavy atom. The average Bonchev–Trinajstić information content (AvgIpc) is 2.58. The predicted molar refractivity (Wildman–Crippen MR) is 75.7 cm³/mol. The van der Waals surface area contributed by atoms with Crippen molar-refractivity contribution in [2.75, 3.05) is 19.6 Å². The summed E-state index contributed by atoms with van der Waals surface area (Å²) in [7, 11) is 0. The Morgan fingerprint density at radius 2 is 2.05 bits per heavy atom. The van der Waals surface area contributed by atoms with Gasteiger partial charge in [0, 0.05) is 13.1 Å². The lowest BCUT2D eigenvalue weighted by atomic mass is 9.98. The highest BCUT2D eigenvalue weighted by molar-refractivity contribution is 5.25. The summed E-state index contributed by atoms with van der Waals surface area (Å²) in [5.41, 5.74) is 0.546. The maximum atomic E-state index is 10.1. The summed E-state index contributed by atoms with van der Waals surface area (Å²) in [5.74, 6) is -0.0794. The SMILES string of the molecule is CC1(O)CCCN(CC(C#N)c2ccccc2)CC1. The lowest BCUT2D eigenvalue weighted by molar-refractivity contribution is 0.0446. The van der Waals surface area contributed by atoms with Crippen molar-refractivity contribution in [3.05, 3.63) is 35.9 Å². The molecule has 3 nitrogen and oxygen atoms in total. The van der Waals surface area contributed by atoms with Gasteiger partial charge >= 0.3 is 0 Å². The van der Waals surface area contributed by atoms with E-state index in [9.17, 15) is 10.4 Å². The third-order valence-electron chi connectivity index (χ3n) is 3.95. The normalized spacial score (nSPS) is 26.4. The van der Waals surface area contributed by atoms with Gasteiger partial charge in [0.1, 0.15) is 0 Å². The van der Waals surface area contributed by atoms with Crippen LogP contribution in [0, 0.1) is 11.3 Å². The first kappa shape index (κ1) is 14.0. The van der Waals surface area contributed by atoms with Crippen LogP contribution in [0.4, 0.5) is 0 Å². The Morgan fingerprint density at radius 1 is 1.32 bits per heavy atom. The Bertz CT molecular complexity index is 436. The zero-order chi connectivity index (χ0) is 13.7. The molecule has 2 unspecified atom stereocenters. The van der Waals surface area contributed by atoms with E-state index in [1.807, 2.05) is 37.3 Å². The predicted octanol–water partition coefficient (Wildman–Crippen LogP) is 2.53. The highest BCUT2D eigenvalue weighted by Gasteiger charge is 2.26. The maximum absolute atomic E-state index is 10.1. The minimum absolute atomic E-state index is 0.0794. The van der Waals surface area contributed by atoms with Crippen LogP contribution in [-0.2, 0) is 0 Å². The van der Waals surface area contributed by atoms with Gasteiger partial charge in [-0.25, -0.2) is 0 Å². The molecule has 0 bridgehead atoms. The van der Waals surface area contributed by atoms with Crippen LogP contribution in [0.3, 0.4) is 0 Å². The maximum Gasteiger partial charge on any atom is 0.0839 e. The Kier molecular flexibility index (Phi) is 4.57. The van der Waals surface area contributed by atoms with Crippen LogP contribution in [0.25, 0.3) is 0 Å². The Hall–Kier alpha value is -1.37. The zero-order valence-corrected chi connectivity index (χ0v) is 11.5. The molecule has 1 saturated heterocycles. The molecular weight excluding hydrogens is 236 g/mol. The molecule has 0 amide bonds. The topological polar surface area (TPSA) is 47.3 Å². The molecule has 0 aliphatic carbocycles. The summed E-state index contributed by atoms with van der Waals surface area (Å²) in [6, 6.07) is 12.4. The second-order valence-electron chi connectivity index (χ2n) is 5.74. The smallest absolute Gasteiger partial charge is 0.0839 e. The van der Waals surface area contributed by atoms with Crippen molar-refractivity contribution in [3.63, 3.8) is 0 Å². The fourth-order valence-corrected chi connectivity index (χ4v) is 2.67. The molecule has 1 aliphatic heterocycles. The van der Waals surface area contributed by atoms with E-state index in [0.717, 1.165) is 44.5 Å². The summed E-state index contributed by atoms with van der Waals surface area (Å²) in [6.07, 6.45) is 2.64. The van der Waals surface area contributed by atoms with E-state index in [1.165, 1.54) is 0 Å². The highest BCUT2D eigenvalue weighted by Crippen LogP contribution is 2.23. The van der Waals surface area contributed by atoms with Crippen molar-refractivity contribution in [1.29, 1.82) is 5.26 Å². The van der Waals surface area contributed by atoms with Gasteiger partial charge in [-0.2, -0.15) is 5.26 Å². The number of hydrogen-bond acceptors (Lipinski definition) is 3. The van der Waals surface area contributed by atoms with Crippen LogP contribution in [0.1, 0.15) is 37.7 Å². The molecule has 1 heterocycles. The first-order valence-electron chi connectivity index (χ1n) is 7.00. The summed E-state index contributed by atoms with van der Waals surface area (Å²) in [5, 5.41) is 19.4. The van der Waals surface area contributed by atoms with Crippen molar-refractivity contribution in [2.24, 2.45) is 0 Å². The number of likely N-dealkylation sites (tertiary alicyclic amines) is 1. The number of benzene rings is 1. The van der Waals surface area contributed by atoms with Crippen LogP contribution in [0.5, 0.6) is 0 Å². The van der Waals surface area contributed by atoms with Gasteiger partial charge in [0.25, 0.3) is 0 Å². The van der Waals surface area contributed by atoms with Crippen molar-refractivity contribution in [1.82, 2.24) is 4.90 Å². The van der Waals surface area contributed by atoms with E-state index >= 15 is 0 Å². The van der Waals surface area contributed by atoms with E-state index in [4.69, 9.17) is 0 Å². The lowest BCUT2D eigenvalue weighted by Gasteiger charge is -2.24. The first-order chi connectivity index (χ1) is 9.11. The Labute approximate surface area is 115 Å². The first-order valence-corrected chi connectivity index (χ1v) is 7.00. The van der Waals surface area contributed by atoms with Crippen molar-refractivity contribution < 1.29 is 5.11 Å². The molecule has 0 saturated carbocycles. The zero-order valence-electron chi connectivity index (χ0n) is 11.5. The molecule has 19 heavy (non-hydrogen) atoms. The molecular formula is C16H22N2O. The van der Waals surface area contributed by atoms with E-state index in [-0.39, 0.29) is 5.92 Å². The van der Waals surface area contributed by atoms with Crippen LogP contribution < -0.4 is 0 Å². The molecule has 0 radical (unpaired) electrons. The van der Waals surface area contributed by atoms with Gasteiger partial charge in [0.2, 0.25) is 0 Å². The Balaban J connectivity index is 1.98. The quantitative estimate of drug-likeness (QED) is 0.906. The molecule has 1 fully saturated rings. The van der Waals surface area contributed by atoms with Gasteiger partial charge in [0.15, 0.2) is 0 Å². The number of rotatable bonds is 3. The van der Waals surface area contributed by atoms with E-state index in [0.29, 0.717) is 0 Å². The molecule has 0 aromatic heterocycles. The molecule has 0 spiro atoms. The second kappa shape index (κ2) is 6.18. The molecule has 1 N–H and O–H groups in total. The lowest BCUT2D eigenvalue weighted by Crippen LogP contribution is -2.31. The number of aliphatic hydroxyl groups is 1. The molecule has 3 heteroatoms. The molecule has 102 valence electrons. The molecule has 2 atom stereocenters. The molecule has 1 aromatic carbocycles. The van der Waals surface area contributed by atoms with Gasteiger partial charge in [-0.3, -0.25) is 0 Å². The number of hydrogen-bond donors (Lipinski definition) is 1.